The second-order valence-corrected chi connectivity index (χ2v) is 19.8. The molecule has 1 aromatic heterocycles. The van der Waals surface area contributed by atoms with Gasteiger partial charge in [0.25, 0.3) is 0 Å². The highest BCUT2D eigenvalue weighted by molar-refractivity contribution is 7.80. The Morgan fingerprint density at radius 2 is 0.952 bits per heavy atom. The van der Waals surface area contributed by atoms with E-state index in [1.807, 2.05) is 0 Å². The predicted octanol–water partition coefficient (Wildman–Crippen LogP) is -4.86. The van der Waals surface area contributed by atoms with Gasteiger partial charge in [-0.3, -0.25) is 47.9 Å². The van der Waals surface area contributed by atoms with Gasteiger partial charge in [0.05, 0.1) is 32.2 Å². The Labute approximate surface area is 484 Å². The highest BCUT2D eigenvalue weighted by Crippen LogP contribution is 2.20. The molecule has 0 aliphatic carbocycles. The van der Waals surface area contributed by atoms with Crippen LogP contribution in [0.4, 0.5) is 0 Å². The number of benzene rings is 2. The number of aliphatic hydroxyl groups is 2. The first-order chi connectivity index (χ1) is 39.7. The molecule has 0 saturated carbocycles. The number of fused-ring (bicyclic) bond motifs is 1. The lowest BCUT2D eigenvalue weighted by Gasteiger charge is -2.27. The van der Waals surface area contributed by atoms with Crippen molar-refractivity contribution in [3.63, 3.8) is 0 Å². The summed E-state index contributed by atoms with van der Waals surface area (Å²) in [5, 5.41) is 62.0. The van der Waals surface area contributed by atoms with Crippen LogP contribution in [-0.2, 0) is 65.6 Å². The van der Waals surface area contributed by atoms with Crippen molar-refractivity contribution in [2.24, 2.45) is 22.9 Å². The van der Waals surface area contributed by atoms with Gasteiger partial charge in [-0.05, 0) is 88.2 Å². The second-order valence-electron chi connectivity index (χ2n) is 19.5. The lowest BCUT2D eigenvalue weighted by atomic mass is 10.0. The molecular weight excluding hydrogens is 1100 g/mol. The van der Waals surface area contributed by atoms with Gasteiger partial charge in [0, 0.05) is 35.7 Å². The molecular formula is C53H80N14O15S. The van der Waals surface area contributed by atoms with Crippen LogP contribution in [0.1, 0.15) is 75.3 Å². The quantitative estimate of drug-likeness (QED) is 0.0188. The first kappa shape index (κ1) is 69.5. The van der Waals surface area contributed by atoms with Crippen LogP contribution in [0.25, 0.3) is 10.9 Å². The Kier molecular flexibility index (Phi) is 31.3. The summed E-state index contributed by atoms with van der Waals surface area (Å²) in [7, 11) is 0. The fraction of sp³-hybridized carbons (Fsp3) is 0.528. The molecule has 3 rings (SSSR count). The third-order valence-electron chi connectivity index (χ3n) is 13.0. The summed E-state index contributed by atoms with van der Waals surface area (Å²) in [6.07, 6.45) is 2.65. The number of nitrogens with one attached hydrogen (secondary N) is 10. The van der Waals surface area contributed by atoms with Crippen molar-refractivity contribution < 1.29 is 73.2 Å². The Morgan fingerprint density at radius 1 is 0.494 bits per heavy atom. The number of carbonyl (C=O) groups is 11. The van der Waals surface area contributed by atoms with E-state index in [0.717, 1.165) is 0 Å². The van der Waals surface area contributed by atoms with Crippen molar-refractivity contribution in [1.82, 2.24) is 52.8 Å². The number of aliphatic hydroxyl groups excluding tert-OH is 2. The Hall–Kier alpha value is -7.74. The zero-order chi connectivity index (χ0) is 61.4. The van der Waals surface area contributed by atoms with E-state index in [2.05, 4.69) is 65.5 Å². The van der Waals surface area contributed by atoms with Crippen LogP contribution in [0.5, 0.6) is 0 Å². The molecule has 0 bridgehead atoms. The number of aliphatic carboxylic acids is 2. The average Bonchev–Trinajstić information content (AvgIpc) is 3.92. The van der Waals surface area contributed by atoms with Crippen LogP contribution in [0.15, 0.2) is 60.8 Å². The molecule has 9 atom stereocenters. The SMILES string of the molecule is NCCCC[C@H](NC(=O)[C@H](CO)NC(=O)[C@H](CCCCN)NC(=O)[C@H](Cc1c[nH]c2ccccc12)NC(=O)[C@H](CC(=O)O)NC(=O)CNC(=O)[C@H](CO)NC(=O)[C@@H](N)CCCCN)C(=O)N[C@@H](CS)C(=O)N[C@@H](Cc1ccccc1)C(=O)O. The van der Waals surface area contributed by atoms with Gasteiger partial charge in [0.15, 0.2) is 0 Å². The fourth-order valence-electron chi connectivity index (χ4n) is 8.36. The molecule has 0 radical (unpaired) electrons. The number of hydrogen-bond acceptors (Lipinski definition) is 18. The van der Waals surface area contributed by atoms with E-state index in [-0.39, 0.29) is 63.8 Å². The molecule has 2 aromatic carbocycles. The van der Waals surface area contributed by atoms with E-state index in [1.165, 1.54) is 0 Å². The topological polar surface area (TPSA) is 497 Å². The molecule has 0 spiro atoms. The van der Waals surface area contributed by atoms with Crippen LogP contribution >= 0.6 is 12.6 Å². The van der Waals surface area contributed by atoms with Gasteiger partial charge in [-0.15, -0.1) is 0 Å². The number of thiol groups is 1. The second kappa shape index (κ2) is 37.4. The highest BCUT2D eigenvalue weighted by Gasteiger charge is 2.35. The zero-order valence-electron chi connectivity index (χ0n) is 45.9. The minimum Gasteiger partial charge on any atom is -0.481 e. The molecule has 458 valence electrons. The van der Waals surface area contributed by atoms with Gasteiger partial charge in [-0.2, -0.15) is 12.6 Å². The normalized spacial score (nSPS) is 14.3. The molecule has 0 fully saturated rings. The number of aromatic amines is 1. The summed E-state index contributed by atoms with van der Waals surface area (Å²) in [6.45, 7) is -2.02. The van der Waals surface area contributed by atoms with Gasteiger partial charge in [-0.25, -0.2) is 4.79 Å². The van der Waals surface area contributed by atoms with Gasteiger partial charge in [0.2, 0.25) is 53.2 Å². The standard InChI is InChI=1S/C53H80N14O15S/c54-19-9-6-15-33(57)45(73)65-40(27-68)46(74)59-26-43(70)60-38(24-44(71)72)50(78)63-37(23-31-25-58-34-16-5-4-14-32(31)34)49(77)61-35(17-7-10-20-55)47(75)66-41(28-69)51(79)62-36(18-8-11-21-56)48(76)67-42(29-83)52(80)64-39(53(81)82)22-30-12-2-1-3-13-30/h1-5,12-14,16,25,33,35-42,58,68-69,83H,6-11,15,17-24,26-29,54-57H2,(H,59,74)(H,60,70)(H,61,77)(H,62,79)(H,63,78)(H,64,80)(H,65,73)(H,66,75)(H,67,76)(H,71,72)(H,81,82)/t33-,35-,36-,37-,38-,39-,40-,41-,42-/m0/s1. The van der Waals surface area contributed by atoms with Crippen molar-refractivity contribution >= 4 is 88.6 Å². The molecule has 0 aliphatic rings. The highest BCUT2D eigenvalue weighted by atomic mass is 32.1. The number of H-pyrrole nitrogens is 1. The number of aromatic nitrogens is 1. The summed E-state index contributed by atoms with van der Waals surface area (Å²) in [4.78, 5) is 149. The number of carbonyl (C=O) groups excluding carboxylic acids is 9. The fourth-order valence-corrected chi connectivity index (χ4v) is 8.61. The maximum Gasteiger partial charge on any atom is 0.326 e. The number of carboxylic acids is 2. The Balaban J connectivity index is 1.84. The largest absolute Gasteiger partial charge is 0.481 e. The number of para-hydroxylation sites is 1. The van der Waals surface area contributed by atoms with Crippen molar-refractivity contribution in [3.05, 3.63) is 71.9 Å². The van der Waals surface area contributed by atoms with Crippen molar-refractivity contribution in [1.29, 1.82) is 0 Å². The summed E-state index contributed by atoms with van der Waals surface area (Å²) >= 11 is 4.19. The molecule has 83 heavy (non-hydrogen) atoms. The zero-order valence-corrected chi connectivity index (χ0v) is 46.8. The third-order valence-corrected chi connectivity index (χ3v) is 13.4. The molecule has 1 heterocycles. The summed E-state index contributed by atoms with van der Waals surface area (Å²) in [5.74, 6) is -12.1. The number of nitrogens with two attached hydrogens (primary N) is 4. The monoisotopic (exact) mass is 1180 g/mol. The van der Waals surface area contributed by atoms with E-state index in [4.69, 9.17) is 22.9 Å². The first-order valence-electron chi connectivity index (χ1n) is 27.1. The van der Waals surface area contributed by atoms with Gasteiger partial charge >= 0.3 is 11.9 Å². The van der Waals surface area contributed by atoms with Gasteiger partial charge < -0.3 is 96.2 Å². The maximum atomic E-state index is 14.5. The van der Waals surface area contributed by atoms with Crippen LogP contribution in [0.2, 0.25) is 0 Å². The van der Waals surface area contributed by atoms with E-state index >= 15 is 0 Å². The molecule has 9 amide bonds. The third kappa shape index (κ3) is 24.3. The number of amides is 9. The van der Waals surface area contributed by atoms with Crippen LogP contribution in [0, 0.1) is 0 Å². The lowest BCUT2D eigenvalue weighted by Crippen LogP contribution is -2.61. The average molecular weight is 1190 g/mol. The molecule has 0 aliphatic heterocycles. The first-order valence-corrected chi connectivity index (χ1v) is 27.7. The van der Waals surface area contributed by atoms with Crippen LogP contribution in [0.3, 0.4) is 0 Å². The number of rotatable bonds is 40. The van der Waals surface area contributed by atoms with Crippen molar-refractivity contribution in [2.75, 3.05) is 45.1 Å². The minimum absolute atomic E-state index is 0.0406. The molecule has 29 nitrogen and oxygen atoms in total. The molecule has 0 saturated heterocycles. The van der Waals surface area contributed by atoms with E-state index in [9.17, 15) is 73.2 Å². The number of carboxylic acid groups (broad SMARTS) is 2. The number of hydrogen-bond donors (Lipinski definition) is 19. The van der Waals surface area contributed by atoms with E-state index < -0.39 is 146 Å². The summed E-state index contributed by atoms with van der Waals surface area (Å²) in [6, 6.07) is 1.96. The smallest absolute Gasteiger partial charge is 0.326 e. The lowest BCUT2D eigenvalue weighted by molar-refractivity contribution is -0.142. The Morgan fingerprint density at radius 3 is 1.51 bits per heavy atom. The van der Waals surface area contributed by atoms with Crippen molar-refractivity contribution in [2.45, 2.75) is 131 Å². The van der Waals surface area contributed by atoms with E-state index in [1.54, 1.807) is 60.8 Å². The molecule has 3 aromatic rings. The summed E-state index contributed by atoms with van der Waals surface area (Å²) < 4.78 is 0. The molecule has 0 unspecified atom stereocenters. The molecule has 22 N–H and O–H groups in total. The van der Waals surface area contributed by atoms with Crippen LogP contribution < -0.4 is 70.8 Å². The van der Waals surface area contributed by atoms with Crippen LogP contribution in [-0.4, -0.2) is 190 Å². The van der Waals surface area contributed by atoms with Gasteiger partial charge in [-0.1, -0.05) is 55.0 Å². The predicted molar refractivity (Wildman–Crippen MR) is 305 cm³/mol. The minimum atomic E-state index is -1.88. The van der Waals surface area contributed by atoms with Gasteiger partial charge in [0.1, 0.15) is 48.3 Å². The number of unbranched alkanes of at least 4 members (excludes halogenated alkanes) is 3. The summed E-state index contributed by atoms with van der Waals surface area (Å²) in [5.41, 5.74) is 24.5. The Bertz CT molecular complexity index is 2630. The van der Waals surface area contributed by atoms with Crippen molar-refractivity contribution in [3.8, 4) is 0 Å². The van der Waals surface area contributed by atoms with E-state index in [0.29, 0.717) is 54.3 Å². The maximum absolute atomic E-state index is 14.5. The molecule has 30 heteroatoms.